The van der Waals surface area contributed by atoms with E-state index in [2.05, 4.69) is 20.8 Å². The minimum atomic E-state index is -0.103. The summed E-state index contributed by atoms with van der Waals surface area (Å²) in [4.78, 5) is 25.1. The van der Waals surface area contributed by atoms with Crippen LogP contribution in [0.5, 0.6) is 0 Å². The van der Waals surface area contributed by atoms with Crippen LogP contribution in [0.4, 0.5) is 10.6 Å². The fourth-order valence-corrected chi connectivity index (χ4v) is 1.91. The van der Waals surface area contributed by atoms with Crippen LogP contribution >= 0.6 is 0 Å². The number of nitrogens with zero attached hydrogens (tertiary/aromatic N) is 2. The molecule has 2 rings (SSSR count). The van der Waals surface area contributed by atoms with Crippen molar-refractivity contribution in [3.8, 4) is 0 Å². The van der Waals surface area contributed by atoms with Gasteiger partial charge >= 0.3 is 6.03 Å². The van der Waals surface area contributed by atoms with Crippen molar-refractivity contribution in [1.82, 2.24) is 20.4 Å². The number of anilines is 1. The van der Waals surface area contributed by atoms with Gasteiger partial charge in [-0.3, -0.25) is 9.89 Å². The standard InChI is InChI=1S/C12H19N5O2/c1-4-13-12(19)17-5-8-9(6-17)15-16-10(8)14-11(18)7(2)3/h7H,4-6H2,1-3H3,(H,13,19)(H2,14,15,16,18). The molecular formula is C12H19N5O2. The molecule has 0 radical (unpaired) electrons. The molecule has 0 saturated carbocycles. The first-order valence-corrected chi connectivity index (χ1v) is 6.42. The van der Waals surface area contributed by atoms with Crippen molar-refractivity contribution in [3.05, 3.63) is 11.3 Å². The van der Waals surface area contributed by atoms with Gasteiger partial charge in [0.1, 0.15) is 0 Å². The number of hydrogen-bond donors (Lipinski definition) is 3. The van der Waals surface area contributed by atoms with E-state index >= 15 is 0 Å². The smallest absolute Gasteiger partial charge is 0.318 e. The van der Waals surface area contributed by atoms with Crippen molar-refractivity contribution in [1.29, 1.82) is 0 Å². The van der Waals surface area contributed by atoms with E-state index in [1.54, 1.807) is 4.90 Å². The van der Waals surface area contributed by atoms with Gasteiger partial charge < -0.3 is 15.5 Å². The van der Waals surface area contributed by atoms with E-state index in [0.29, 0.717) is 25.5 Å². The predicted molar refractivity (Wildman–Crippen MR) is 70.4 cm³/mol. The summed E-state index contributed by atoms with van der Waals surface area (Å²) in [7, 11) is 0. The molecule has 7 heteroatoms. The highest BCUT2D eigenvalue weighted by Crippen LogP contribution is 2.27. The first-order valence-electron chi connectivity index (χ1n) is 6.42. The Hall–Kier alpha value is -2.05. The number of carbonyl (C=O) groups is 2. The summed E-state index contributed by atoms with van der Waals surface area (Å²) < 4.78 is 0. The lowest BCUT2D eigenvalue weighted by Gasteiger charge is -2.15. The Bertz CT molecular complexity index is 494. The Labute approximate surface area is 111 Å². The highest BCUT2D eigenvalue weighted by atomic mass is 16.2. The fourth-order valence-electron chi connectivity index (χ4n) is 1.91. The molecule has 0 atom stereocenters. The lowest BCUT2D eigenvalue weighted by molar-refractivity contribution is -0.118. The number of urea groups is 1. The third kappa shape index (κ3) is 2.69. The van der Waals surface area contributed by atoms with Gasteiger partial charge in [0.2, 0.25) is 5.91 Å². The minimum absolute atomic E-state index is 0.0780. The van der Waals surface area contributed by atoms with E-state index in [1.165, 1.54) is 0 Å². The maximum Gasteiger partial charge on any atom is 0.318 e. The Kier molecular flexibility index (Phi) is 3.73. The van der Waals surface area contributed by atoms with Crippen molar-refractivity contribution in [2.45, 2.75) is 33.9 Å². The molecule has 0 fully saturated rings. The molecule has 1 aromatic rings. The number of amides is 3. The van der Waals surface area contributed by atoms with E-state index in [1.807, 2.05) is 20.8 Å². The average molecular weight is 265 g/mol. The molecule has 3 N–H and O–H groups in total. The summed E-state index contributed by atoms with van der Waals surface area (Å²) >= 11 is 0. The van der Waals surface area contributed by atoms with Gasteiger partial charge in [-0.2, -0.15) is 5.10 Å². The number of nitrogens with one attached hydrogen (secondary N) is 3. The lowest BCUT2D eigenvalue weighted by atomic mass is 10.2. The predicted octanol–water partition coefficient (Wildman–Crippen LogP) is 1.05. The number of H-pyrrole nitrogens is 1. The molecular weight excluding hydrogens is 246 g/mol. The summed E-state index contributed by atoms with van der Waals surface area (Å²) in [5.41, 5.74) is 1.77. The Morgan fingerprint density at radius 2 is 2.16 bits per heavy atom. The lowest BCUT2D eigenvalue weighted by Crippen LogP contribution is -2.36. The maximum atomic E-state index is 11.7. The largest absolute Gasteiger partial charge is 0.338 e. The molecule has 0 spiro atoms. The van der Waals surface area contributed by atoms with Crippen molar-refractivity contribution >= 4 is 17.8 Å². The highest BCUT2D eigenvalue weighted by Gasteiger charge is 2.28. The zero-order valence-electron chi connectivity index (χ0n) is 11.4. The van der Waals surface area contributed by atoms with Gasteiger partial charge in [0.15, 0.2) is 5.82 Å². The normalized spacial score (nSPS) is 13.6. The number of rotatable bonds is 3. The second-order valence-electron chi connectivity index (χ2n) is 4.86. The van der Waals surface area contributed by atoms with Crippen LogP contribution in [0.3, 0.4) is 0 Å². The van der Waals surface area contributed by atoms with Crippen molar-refractivity contribution in [2.24, 2.45) is 5.92 Å². The molecule has 1 aliphatic heterocycles. The summed E-state index contributed by atoms with van der Waals surface area (Å²) in [5, 5.41) is 12.5. The molecule has 104 valence electrons. The van der Waals surface area contributed by atoms with Crippen molar-refractivity contribution in [3.63, 3.8) is 0 Å². The Morgan fingerprint density at radius 3 is 2.79 bits per heavy atom. The quantitative estimate of drug-likeness (QED) is 0.763. The van der Waals surface area contributed by atoms with Crippen LogP contribution in [0, 0.1) is 5.92 Å². The zero-order valence-corrected chi connectivity index (χ0v) is 11.4. The van der Waals surface area contributed by atoms with Gasteiger partial charge in [0.05, 0.1) is 18.8 Å². The number of hydrogen-bond acceptors (Lipinski definition) is 3. The second-order valence-corrected chi connectivity index (χ2v) is 4.86. The molecule has 0 unspecified atom stereocenters. The third-order valence-electron chi connectivity index (χ3n) is 3.03. The topological polar surface area (TPSA) is 90.1 Å². The average Bonchev–Trinajstić information content (AvgIpc) is 2.91. The number of fused-ring (bicyclic) bond motifs is 1. The van der Waals surface area contributed by atoms with E-state index in [-0.39, 0.29) is 17.9 Å². The number of aromatic nitrogens is 2. The molecule has 2 heterocycles. The van der Waals surface area contributed by atoms with Crippen LogP contribution in [-0.2, 0) is 17.9 Å². The van der Waals surface area contributed by atoms with Gasteiger partial charge in [-0.05, 0) is 6.92 Å². The maximum absolute atomic E-state index is 11.7. The SMILES string of the molecule is CCNC(=O)N1Cc2[nH]nc(NC(=O)C(C)C)c2C1. The first kappa shape index (κ1) is 13.4. The molecule has 1 aliphatic rings. The third-order valence-corrected chi connectivity index (χ3v) is 3.03. The molecule has 0 saturated heterocycles. The molecule has 3 amide bonds. The second kappa shape index (κ2) is 5.29. The fraction of sp³-hybridized carbons (Fsp3) is 0.583. The summed E-state index contributed by atoms with van der Waals surface area (Å²) in [6.45, 7) is 7.07. The van der Waals surface area contributed by atoms with E-state index in [9.17, 15) is 9.59 Å². The molecule has 19 heavy (non-hydrogen) atoms. The highest BCUT2D eigenvalue weighted by molar-refractivity contribution is 5.92. The Balaban J connectivity index is 2.06. The first-order chi connectivity index (χ1) is 9.02. The summed E-state index contributed by atoms with van der Waals surface area (Å²) in [5.74, 6) is 0.347. The molecule has 1 aromatic heterocycles. The monoisotopic (exact) mass is 265 g/mol. The summed E-state index contributed by atoms with van der Waals surface area (Å²) in [6.07, 6.45) is 0. The molecule has 0 aromatic carbocycles. The molecule has 0 bridgehead atoms. The van der Waals surface area contributed by atoms with Crippen LogP contribution < -0.4 is 10.6 Å². The number of aromatic amines is 1. The zero-order chi connectivity index (χ0) is 14.0. The van der Waals surface area contributed by atoms with Gasteiger partial charge in [0, 0.05) is 18.0 Å². The number of carbonyl (C=O) groups excluding carboxylic acids is 2. The van der Waals surface area contributed by atoms with E-state index in [0.717, 1.165) is 11.3 Å². The minimum Gasteiger partial charge on any atom is -0.338 e. The van der Waals surface area contributed by atoms with Crippen molar-refractivity contribution in [2.75, 3.05) is 11.9 Å². The van der Waals surface area contributed by atoms with Crippen molar-refractivity contribution < 1.29 is 9.59 Å². The Morgan fingerprint density at radius 1 is 1.42 bits per heavy atom. The van der Waals surface area contributed by atoms with Crippen LogP contribution in [0.15, 0.2) is 0 Å². The van der Waals surface area contributed by atoms with Crippen LogP contribution in [0.25, 0.3) is 0 Å². The summed E-state index contributed by atoms with van der Waals surface area (Å²) in [6, 6.07) is -0.103. The van der Waals surface area contributed by atoms with Gasteiger partial charge in [-0.15, -0.1) is 0 Å². The van der Waals surface area contributed by atoms with Gasteiger partial charge in [-0.25, -0.2) is 4.79 Å². The van der Waals surface area contributed by atoms with Gasteiger partial charge in [0.25, 0.3) is 0 Å². The van der Waals surface area contributed by atoms with E-state index < -0.39 is 0 Å². The van der Waals surface area contributed by atoms with Crippen LogP contribution in [0.1, 0.15) is 32.0 Å². The van der Waals surface area contributed by atoms with Crippen LogP contribution in [0.2, 0.25) is 0 Å². The van der Waals surface area contributed by atoms with Crippen LogP contribution in [-0.4, -0.2) is 33.6 Å². The molecule has 0 aliphatic carbocycles. The van der Waals surface area contributed by atoms with E-state index in [4.69, 9.17) is 0 Å². The molecule has 7 nitrogen and oxygen atoms in total. The van der Waals surface area contributed by atoms with Gasteiger partial charge in [-0.1, -0.05) is 13.8 Å².